The minimum atomic E-state index is -0.326. The van der Waals surface area contributed by atoms with E-state index < -0.39 is 0 Å². The van der Waals surface area contributed by atoms with Crippen LogP contribution in [0.4, 0.5) is 5.69 Å². The van der Waals surface area contributed by atoms with Gasteiger partial charge in [-0.05, 0) is 43.3 Å². The fraction of sp³-hybridized carbons (Fsp3) is 0.0870. The molecule has 4 rings (SSSR count). The number of para-hydroxylation sites is 1. The first kappa shape index (κ1) is 22.7. The number of halogens is 3. The molecule has 0 aliphatic carbocycles. The molecule has 3 aromatic carbocycles. The number of hydrogen-bond donors (Lipinski definition) is 1. The van der Waals surface area contributed by atoms with Crippen LogP contribution in [0.25, 0.3) is 16.6 Å². The van der Waals surface area contributed by atoms with Crippen LogP contribution in [0.5, 0.6) is 0 Å². The lowest BCUT2D eigenvalue weighted by atomic mass is 10.2. The molecule has 0 fully saturated rings. The van der Waals surface area contributed by atoms with Gasteiger partial charge in [-0.1, -0.05) is 76.4 Å². The van der Waals surface area contributed by atoms with Crippen molar-refractivity contribution < 1.29 is 4.79 Å². The SMILES string of the molecule is Cc1ccc(-n2c(SCC(=O)Nc3cc(Cl)c(Cl)cc3Cl)nc3ccccc3c2=O)cc1. The summed E-state index contributed by atoms with van der Waals surface area (Å²) in [6.45, 7) is 1.97. The summed E-state index contributed by atoms with van der Waals surface area (Å²) in [4.78, 5) is 30.5. The van der Waals surface area contributed by atoms with Gasteiger partial charge in [-0.15, -0.1) is 0 Å². The van der Waals surface area contributed by atoms with E-state index in [9.17, 15) is 9.59 Å². The van der Waals surface area contributed by atoms with Gasteiger partial charge in [-0.3, -0.25) is 14.2 Å². The number of rotatable bonds is 5. The first-order chi connectivity index (χ1) is 15.3. The minimum Gasteiger partial charge on any atom is -0.324 e. The van der Waals surface area contributed by atoms with Crippen LogP contribution in [0.1, 0.15) is 5.56 Å². The predicted molar refractivity (Wildman–Crippen MR) is 133 cm³/mol. The van der Waals surface area contributed by atoms with Gasteiger partial charge >= 0.3 is 0 Å². The third kappa shape index (κ3) is 4.79. The molecule has 32 heavy (non-hydrogen) atoms. The van der Waals surface area contributed by atoms with Gasteiger partial charge in [0.15, 0.2) is 5.16 Å². The standard InChI is InChI=1S/C23H16Cl3N3O2S/c1-13-6-8-14(9-7-13)29-22(31)15-4-2-3-5-19(15)28-23(29)32-12-21(30)27-20-11-17(25)16(24)10-18(20)26/h2-11H,12H2,1H3,(H,27,30). The Labute approximate surface area is 203 Å². The monoisotopic (exact) mass is 503 g/mol. The van der Waals surface area contributed by atoms with Crippen molar-refractivity contribution in [1.82, 2.24) is 9.55 Å². The Morgan fingerprint density at radius 1 is 1.00 bits per heavy atom. The lowest BCUT2D eigenvalue weighted by Crippen LogP contribution is -2.23. The van der Waals surface area contributed by atoms with Crippen molar-refractivity contribution in [2.75, 3.05) is 11.1 Å². The zero-order chi connectivity index (χ0) is 22.8. The van der Waals surface area contributed by atoms with Crippen molar-refractivity contribution in [2.24, 2.45) is 0 Å². The Kier molecular flexibility index (Phi) is 6.76. The van der Waals surface area contributed by atoms with Gasteiger partial charge in [-0.2, -0.15) is 0 Å². The smallest absolute Gasteiger partial charge is 0.266 e. The topological polar surface area (TPSA) is 64.0 Å². The third-order valence-electron chi connectivity index (χ3n) is 4.65. The molecule has 1 aromatic heterocycles. The maximum atomic E-state index is 13.2. The fourth-order valence-corrected chi connectivity index (χ4v) is 4.47. The normalized spacial score (nSPS) is 11.0. The molecule has 9 heteroatoms. The number of amides is 1. The highest BCUT2D eigenvalue weighted by molar-refractivity contribution is 7.99. The minimum absolute atomic E-state index is 0.00716. The van der Waals surface area contributed by atoms with E-state index in [1.807, 2.05) is 37.3 Å². The number of carbonyl (C=O) groups is 1. The van der Waals surface area contributed by atoms with E-state index in [2.05, 4.69) is 10.3 Å². The summed E-state index contributed by atoms with van der Waals surface area (Å²) in [7, 11) is 0. The highest BCUT2D eigenvalue weighted by Crippen LogP contribution is 2.32. The average Bonchev–Trinajstić information content (AvgIpc) is 2.77. The van der Waals surface area contributed by atoms with Gasteiger partial charge in [-0.25, -0.2) is 4.98 Å². The van der Waals surface area contributed by atoms with Crippen molar-refractivity contribution >= 4 is 69.1 Å². The van der Waals surface area contributed by atoms with E-state index in [0.717, 1.165) is 17.3 Å². The van der Waals surface area contributed by atoms with E-state index in [4.69, 9.17) is 34.8 Å². The highest BCUT2D eigenvalue weighted by Gasteiger charge is 2.16. The van der Waals surface area contributed by atoms with Crippen molar-refractivity contribution in [2.45, 2.75) is 12.1 Å². The molecule has 0 aliphatic rings. The summed E-state index contributed by atoms with van der Waals surface area (Å²) in [5, 5.41) is 4.49. The molecule has 0 bridgehead atoms. The second-order valence-electron chi connectivity index (χ2n) is 6.97. The quantitative estimate of drug-likeness (QED) is 0.194. The molecule has 0 saturated heterocycles. The molecule has 1 N–H and O–H groups in total. The summed E-state index contributed by atoms with van der Waals surface area (Å²) >= 11 is 19.3. The maximum absolute atomic E-state index is 13.2. The van der Waals surface area contributed by atoms with Crippen LogP contribution in [-0.4, -0.2) is 21.2 Å². The number of hydrogen-bond acceptors (Lipinski definition) is 4. The van der Waals surface area contributed by atoms with E-state index in [1.165, 1.54) is 16.7 Å². The van der Waals surface area contributed by atoms with Gasteiger partial charge in [0.25, 0.3) is 5.56 Å². The first-order valence-corrected chi connectivity index (χ1v) is 11.6. The summed E-state index contributed by atoms with van der Waals surface area (Å²) in [5.41, 5.74) is 2.47. The molecule has 162 valence electrons. The van der Waals surface area contributed by atoms with Gasteiger partial charge < -0.3 is 5.32 Å². The largest absolute Gasteiger partial charge is 0.324 e. The van der Waals surface area contributed by atoms with E-state index in [-0.39, 0.29) is 27.3 Å². The number of nitrogens with zero attached hydrogens (tertiary/aromatic N) is 2. The number of anilines is 1. The Hall–Kier alpha value is -2.51. The zero-order valence-electron chi connectivity index (χ0n) is 16.7. The summed E-state index contributed by atoms with van der Waals surface area (Å²) in [5.74, 6) is -0.319. The molecular weight excluding hydrogens is 489 g/mol. The van der Waals surface area contributed by atoms with Crippen LogP contribution in [0.2, 0.25) is 15.1 Å². The number of thioether (sulfide) groups is 1. The fourth-order valence-electron chi connectivity index (χ4n) is 3.07. The molecule has 0 spiro atoms. The Morgan fingerprint density at radius 3 is 2.44 bits per heavy atom. The number of aryl methyl sites for hydroxylation is 1. The second-order valence-corrected chi connectivity index (χ2v) is 9.13. The lowest BCUT2D eigenvalue weighted by molar-refractivity contribution is -0.113. The Balaban J connectivity index is 1.66. The van der Waals surface area contributed by atoms with Gasteiger partial charge in [0.2, 0.25) is 5.91 Å². The van der Waals surface area contributed by atoms with Gasteiger partial charge in [0.05, 0.1) is 43.1 Å². The molecule has 0 unspecified atom stereocenters. The van der Waals surface area contributed by atoms with Crippen molar-refractivity contribution in [3.63, 3.8) is 0 Å². The highest BCUT2D eigenvalue weighted by atomic mass is 35.5. The number of aromatic nitrogens is 2. The van der Waals surface area contributed by atoms with Gasteiger partial charge in [0, 0.05) is 0 Å². The predicted octanol–water partition coefficient (Wildman–Crippen LogP) is 6.39. The molecule has 1 amide bonds. The van der Waals surface area contributed by atoms with E-state index in [0.29, 0.717) is 32.5 Å². The van der Waals surface area contributed by atoms with Crippen LogP contribution in [-0.2, 0) is 4.79 Å². The molecule has 0 atom stereocenters. The first-order valence-electron chi connectivity index (χ1n) is 9.49. The number of carbonyl (C=O) groups excluding carboxylic acids is 1. The van der Waals surface area contributed by atoms with Crippen molar-refractivity contribution in [1.29, 1.82) is 0 Å². The summed E-state index contributed by atoms with van der Waals surface area (Å²) in [6, 6.07) is 17.6. The number of nitrogens with one attached hydrogen (secondary N) is 1. The molecule has 0 radical (unpaired) electrons. The molecule has 0 aliphatic heterocycles. The number of benzene rings is 3. The summed E-state index contributed by atoms with van der Waals surface area (Å²) in [6.07, 6.45) is 0. The molecule has 4 aromatic rings. The second kappa shape index (κ2) is 9.55. The molecule has 5 nitrogen and oxygen atoms in total. The van der Waals surface area contributed by atoms with Crippen LogP contribution < -0.4 is 10.9 Å². The van der Waals surface area contributed by atoms with Gasteiger partial charge in [0.1, 0.15) is 0 Å². The van der Waals surface area contributed by atoms with Crippen molar-refractivity contribution in [3.8, 4) is 5.69 Å². The Bertz CT molecular complexity index is 1390. The maximum Gasteiger partial charge on any atom is 0.266 e. The van der Waals surface area contributed by atoms with E-state index in [1.54, 1.807) is 18.2 Å². The molecule has 0 saturated carbocycles. The van der Waals surface area contributed by atoms with E-state index >= 15 is 0 Å². The molecule has 1 heterocycles. The Morgan fingerprint density at radius 2 is 1.69 bits per heavy atom. The van der Waals surface area contributed by atoms with Crippen LogP contribution >= 0.6 is 46.6 Å². The molecular formula is C23H16Cl3N3O2S. The van der Waals surface area contributed by atoms with Crippen molar-refractivity contribution in [3.05, 3.63) is 91.6 Å². The average molecular weight is 505 g/mol. The number of fused-ring (bicyclic) bond motifs is 1. The van der Waals surface area contributed by atoms with Crippen LogP contribution in [0.3, 0.4) is 0 Å². The lowest BCUT2D eigenvalue weighted by Gasteiger charge is -2.14. The van der Waals surface area contributed by atoms with Crippen LogP contribution in [0, 0.1) is 6.92 Å². The third-order valence-corrected chi connectivity index (χ3v) is 6.63. The van der Waals surface area contributed by atoms with Crippen LogP contribution in [0.15, 0.2) is 70.6 Å². The zero-order valence-corrected chi connectivity index (χ0v) is 19.8. The summed E-state index contributed by atoms with van der Waals surface area (Å²) < 4.78 is 1.52.